The molecule has 0 aliphatic rings. The minimum absolute atomic E-state index is 0.267. The van der Waals surface area contributed by atoms with Crippen LogP contribution in [0.1, 0.15) is 19.4 Å². The van der Waals surface area contributed by atoms with E-state index in [4.69, 9.17) is 5.73 Å². The van der Waals surface area contributed by atoms with Gasteiger partial charge in [-0.2, -0.15) is 0 Å². The summed E-state index contributed by atoms with van der Waals surface area (Å²) >= 11 is 3.42. The predicted octanol–water partition coefficient (Wildman–Crippen LogP) is 2.97. The normalized spacial score (nSPS) is 15.4. The molecule has 0 saturated heterocycles. The first-order chi connectivity index (χ1) is 6.09. The topological polar surface area (TPSA) is 26.0 Å². The molecule has 72 valence electrons. The Bertz CT molecular complexity index is 253. The Morgan fingerprint density at radius 2 is 1.77 bits per heavy atom. The number of halogens is 1. The number of nitrogens with two attached hydrogens (primary N) is 1. The second-order valence-electron chi connectivity index (χ2n) is 3.67. The fourth-order valence-corrected chi connectivity index (χ4v) is 1.44. The van der Waals surface area contributed by atoms with E-state index >= 15 is 0 Å². The van der Waals surface area contributed by atoms with Gasteiger partial charge in [0.1, 0.15) is 0 Å². The number of benzene rings is 1. The van der Waals surface area contributed by atoms with E-state index < -0.39 is 0 Å². The van der Waals surface area contributed by atoms with Crippen molar-refractivity contribution in [2.24, 2.45) is 11.7 Å². The highest BCUT2D eigenvalue weighted by atomic mass is 79.9. The van der Waals surface area contributed by atoms with Gasteiger partial charge < -0.3 is 5.73 Å². The zero-order valence-electron chi connectivity index (χ0n) is 8.13. The molecule has 0 bridgehead atoms. The van der Waals surface area contributed by atoms with Crippen molar-refractivity contribution in [2.45, 2.75) is 26.3 Å². The monoisotopic (exact) mass is 241 g/mol. The third-order valence-electron chi connectivity index (χ3n) is 2.37. The number of rotatable bonds is 3. The van der Waals surface area contributed by atoms with E-state index in [1.54, 1.807) is 0 Å². The maximum atomic E-state index is 5.80. The summed E-state index contributed by atoms with van der Waals surface area (Å²) in [7, 11) is 0. The molecular weight excluding hydrogens is 226 g/mol. The highest BCUT2D eigenvalue weighted by Crippen LogP contribution is 2.14. The minimum atomic E-state index is 0.267. The van der Waals surface area contributed by atoms with Crippen molar-refractivity contribution >= 4 is 15.9 Å². The van der Waals surface area contributed by atoms with E-state index in [1.807, 2.05) is 0 Å². The lowest BCUT2D eigenvalue weighted by Gasteiger charge is -2.15. The van der Waals surface area contributed by atoms with Gasteiger partial charge in [-0.3, -0.25) is 0 Å². The van der Waals surface area contributed by atoms with Crippen molar-refractivity contribution in [3.05, 3.63) is 34.3 Å². The summed E-state index contributed by atoms with van der Waals surface area (Å²) in [5, 5.41) is 0. The molecule has 0 saturated carbocycles. The standard InChI is InChI=1S/C11H16BrN/c1-8(9(2)13)7-10-3-5-11(12)6-4-10/h3-6,8-9H,7,13H2,1-2H3. The number of hydrogen-bond acceptors (Lipinski definition) is 1. The van der Waals surface area contributed by atoms with Crippen LogP contribution in [0.2, 0.25) is 0 Å². The first-order valence-electron chi connectivity index (χ1n) is 4.59. The van der Waals surface area contributed by atoms with Crippen LogP contribution in [0.4, 0.5) is 0 Å². The Balaban J connectivity index is 2.59. The Kier molecular flexibility index (Phi) is 3.94. The second kappa shape index (κ2) is 4.77. The Labute approximate surface area is 88.5 Å². The summed E-state index contributed by atoms with van der Waals surface area (Å²) < 4.78 is 1.13. The summed E-state index contributed by atoms with van der Waals surface area (Å²) in [6.07, 6.45) is 1.06. The van der Waals surface area contributed by atoms with Gasteiger partial charge in [0.25, 0.3) is 0 Å². The Morgan fingerprint density at radius 1 is 1.23 bits per heavy atom. The third-order valence-corrected chi connectivity index (χ3v) is 2.90. The molecule has 2 heteroatoms. The molecule has 13 heavy (non-hydrogen) atoms. The molecule has 0 amide bonds. The van der Waals surface area contributed by atoms with Gasteiger partial charge in [-0.05, 0) is 37.0 Å². The van der Waals surface area contributed by atoms with Crippen LogP contribution in [0.5, 0.6) is 0 Å². The predicted molar refractivity (Wildman–Crippen MR) is 60.7 cm³/mol. The molecule has 2 N–H and O–H groups in total. The van der Waals surface area contributed by atoms with Gasteiger partial charge in [-0.15, -0.1) is 0 Å². The largest absolute Gasteiger partial charge is 0.328 e. The van der Waals surface area contributed by atoms with Gasteiger partial charge in [0.05, 0.1) is 0 Å². The molecule has 0 radical (unpaired) electrons. The molecule has 0 aliphatic heterocycles. The van der Waals surface area contributed by atoms with E-state index in [0.717, 1.165) is 10.9 Å². The Hall–Kier alpha value is -0.340. The number of hydrogen-bond donors (Lipinski definition) is 1. The summed E-state index contributed by atoms with van der Waals surface area (Å²) in [4.78, 5) is 0. The van der Waals surface area contributed by atoms with E-state index in [2.05, 4.69) is 54.0 Å². The van der Waals surface area contributed by atoms with Crippen LogP contribution in [-0.4, -0.2) is 6.04 Å². The van der Waals surface area contributed by atoms with Crippen LogP contribution in [0.15, 0.2) is 28.7 Å². The third kappa shape index (κ3) is 3.49. The van der Waals surface area contributed by atoms with Gasteiger partial charge in [0, 0.05) is 10.5 Å². The second-order valence-corrected chi connectivity index (χ2v) is 4.58. The SMILES string of the molecule is CC(N)C(C)Cc1ccc(Br)cc1. The Morgan fingerprint density at radius 3 is 2.23 bits per heavy atom. The zero-order valence-corrected chi connectivity index (χ0v) is 9.71. The van der Waals surface area contributed by atoms with Crippen molar-refractivity contribution < 1.29 is 0 Å². The molecule has 0 aliphatic carbocycles. The molecule has 1 rings (SSSR count). The average Bonchev–Trinajstić information content (AvgIpc) is 2.08. The lowest BCUT2D eigenvalue weighted by atomic mass is 9.96. The van der Waals surface area contributed by atoms with Crippen LogP contribution >= 0.6 is 15.9 Å². The summed E-state index contributed by atoms with van der Waals surface area (Å²) in [6.45, 7) is 4.25. The molecule has 0 heterocycles. The molecule has 1 aromatic rings. The van der Waals surface area contributed by atoms with Crippen LogP contribution in [-0.2, 0) is 6.42 Å². The van der Waals surface area contributed by atoms with Crippen molar-refractivity contribution in [3.63, 3.8) is 0 Å². The van der Waals surface area contributed by atoms with Crippen LogP contribution in [0.3, 0.4) is 0 Å². The smallest absolute Gasteiger partial charge is 0.0175 e. The fourth-order valence-electron chi connectivity index (χ4n) is 1.18. The van der Waals surface area contributed by atoms with E-state index in [9.17, 15) is 0 Å². The maximum Gasteiger partial charge on any atom is 0.0175 e. The highest BCUT2D eigenvalue weighted by molar-refractivity contribution is 9.10. The van der Waals surface area contributed by atoms with E-state index in [1.165, 1.54) is 5.56 Å². The zero-order chi connectivity index (χ0) is 9.84. The maximum absolute atomic E-state index is 5.80. The van der Waals surface area contributed by atoms with Crippen molar-refractivity contribution in [2.75, 3.05) is 0 Å². The summed E-state index contributed by atoms with van der Waals surface area (Å²) in [5.74, 6) is 0.543. The van der Waals surface area contributed by atoms with Gasteiger partial charge in [-0.1, -0.05) is 35.0 Å². The average molecular weight is 242 g/mol. The minimum Gasteiger partial charge on any atom is -0.328 e. The lowest BCUT2D eigenvalue weighted by Crippen LogP contribution is -2.25. The molecule has 0 spiro atoms. The molecule has 1 nitrogen and oxygen atoms in total. The van der Waals surface area contributed by atoms with Gasteiger partial charge in [0.15, 0.2) is 0 Å². The van der Waals surface area contributed by atoms with Crippen LogP contribution < -0.4 is 5.73 Å². The molecule has 0 aromatic heterocycles. The van der Waals surface area contributed by atoms with Crippen LogP contribution in [0.25, 0.3) is 0 Å². The van der Waals surface area contributed by atoms with Crippen molar-refractivity contribution in [3.8, 4) is 0 Å². The van der Waals surface area contributed by atoms with Crippen LogP contribution in [0, 0.1) is 5.92 Å². The molecule has 0 fully saturated rings. The van der Waals surface area contributed by atoms with E-state index in [-0.39, 0.29) is 6.04 Å². The molecular formula is C11H16BrN. The first kappa shape index (κ1) is 10.7. The highest BCUT2D eigenvalue weighted by Gasteiger charge is 2.07. The quantitative estimate of drug-likeness (QED) is 0.866. The van der Waals surface area contributed by atoms with Crippen molar-refractivity contribution in [1.29, 1.82) is 0 Å². The molecule has 1 aromatic carbocycles. The lowest BCUT2D eigenvalue weighted by molar-refractivity contribution is 0.481. The van der Waals surface area contributed by atoms with Gasteiger partial charge in [0.2, 0.25) is 0 Å². The van der Waals surface area contributed by atoms with Crippen molar-refractivity contribution in [1.82, 2.24) is 0 Å². The van der Waals surface area contributed by atoms with Gasteiger partial charge in [-0.25, -0.2) is 0 Å². The van der Waals surface area contributed by atoms with Gasteiger partial charge >= 0.3 is 0 Å². The fraction of sp³-hybridized carbons (Fsp3) is 0.455. The first-order valence-corrected chi connectivity index (χ1v) is 5.39. The summed E-state index contributed by atoms with van der Waals surface area (Å²) in [5.41, 5.74) is 7.16. The van der Waals surface area contributed by atoms with E-state index in [0.29, 0.717) is 5.92 Å². The molecule has 2 atom stereocenters. The molecule has 2 unspecified atom stereocenters. The summed E-state index contributed by atoms with van der Waals surface area (Å²) in [6, 6.07) is 8.70.